The first-order chi connectivity index (χ1) is 11.5. The normalized spacial score (nSPS) is 14.0. The van der Waals surface area contributed by atoms with Crippen LogP contribution in [0.4, 0.5) is 0 Å². The van der Waals surface area contributed by atoms with E-state index in [1.165, 1.54) is 5.56 Å². The molecular formula is C19H24N2O3. The Labute approximate surface area is 142 Å². The largest absolute Gasteiger partial charge is 0.493 e. The summed E-state index contributed by atoms with van der Waals surface area (Å²) >= 11 is 0. The van der Waals surface area contributed by atoms with E-state index in [4.69, 9.17) is 13.7 Å². The number of nitrogens with one attached hydrogen (secondary N) is 1. The maximum Gasteiger partial charge on any atom is 0.176 e. The summed E-state index contributed by atoms with van der Waals surface area (Å²) in [7, 11) is 1.66. The van der Waals surface area contributed by atoms with Gasteiger partial charge in [0.2, 0.25) is 0 Å². The van der Waals surface area contributed by atoms with Crippen LogP contribution in [0.1, 0.15) is 48.6 Å². The summed E-state index contributed by atoms with van der Waals surface area (Å²) in [4.78, 5) is 0. The summed E-state index contributed by atoms with van der Waals surface area (Å²) < 4.78 is 16.6. The number of hydrogen-bond acceptors (Lipinski definition) is 5. The molecule has 0 spiro atoms. The number of hydrogen-bond donors (Lipinski definition) is 1. The molecule has 2 aromatic heterocycles. The number of benzene rings is 1. The topological polar surface area (TPSA) is 60.4 Å². The van der Waals surface area contributed by atoms with E-state index < -0.39 is 0 Å². The Hall–Kier alpha value is -2.27. The third-order valence-corrected chi connectivity index (χ3v) is 4.49. The molecule has 0 radical (unpaired) electrons. The lowest BCUT2D eigenvalue weighted by Gasteiger charge is -2.16. The van der Waals surface area contributed by atoms with Crippen molar-refractivity contribution in [3.63, 3.8) is 0 Å². The number of para-hydroxylation sites is 1. The van der Waals surface area contributed by atoms with Crippen molar-refractivity contribution in [2.75, 3.05) is 13.7 Å². The van der Waals surface area contributed by atoms with Crippen molar-refractivity contribution in [3.05, 3.63) is 47.0 Å². The number of nitrogens with zero attached hydrogens (tertiary/aromatic N) is 1. The predicted molar refractivity (Wildman–Crippen MR) is 93.6 cm³/mol. The number of ether oxygens (including phenoxy) is 1. The summed E-state index contributed by atoms with van der Waals surface area (Å²) in [5.41, 5.74) is 2.94. The zero-order chi connectivity index (χ0) is 17.3. The Kier molecular flexibility index (Phi) is 4.62. The molecule has 0 aliphatic rings. The highest BCUT2D eigenvalue weighted by Crippen LogP contribution is 2.31. The van der Waals surface area contributed by atoms with Crippen LogP contribution >= 0.6 is 0 Å². The lowest BCUT2D eigenvalue weighted by Crippen LogP contribution is -2.23. The van der Waals surface area contributed by atoms with Crippen LogP contribution < -0.4 is 10.1 Å². The fraction of sp³-hybridized carbons (Fsp3) is 0.421. The maximum absolute atomic E-state index is 6.00. The molecular weight excluding hydrogens is 304 g/mol. The van der Waals surface area contributed by atoms with Crippen LogP contribution in [-0.2, 0) is 0 Å². The van der Waals surface area contributed by atoms with Crippen molar-refractivity contribution >= 4 is 11.0 Å². The lowest BCUT2D eigenvalue weighted by molar-refractivity contribution is 0.389. The quantitative estimate of drug-likeness (QED) is 0.722. The second-order valence-corrected chi connectivity index (χ2v) is 6.30. The van der Waals surface area contributed by atoms with Gasteiger partial charge in [0.1, 0.15) is 11.5 Å². The maximum atomic E-state index is 6.00. The van der Waals surface area contributed by atoms with E-state index in [1.807, 2.05) is 32.0 Å². The van der Waals surface area contributed by atoms with E-state index in [-0.39, 0.29) is 6.04 Å². The lowest BCUT2D eigenvalue weighted by atomic mass is 9.99. The van der Waals surface area contributed by atoms with Crippen molar-refractivity contribution in [2.45, 2.75) is 39.7 Å². The predicted octanol–water partition coefficient (Wildman–Crippen LogP) is 4.50. The molecule has 2 heterocycles. The fourth-order valence-electron chi connectivity index (χ4n) is 3.18. The highest BCUT2D eigenvalue weighted by molar-refractivity contribution is 5.83. The van der Waals surface area contributed by atoms with Gasteiger partial charge >= 0.3 is 0 Å². The van der Waals surface area contributed by atoms with Gasteiger partial charge in [-0.25, -0.2) is 0 Å². The van der Waals surface area contributed by atoms with E-state index >= 15 is 0 Å². The van der Waals surface area contributed by atoms with Crippen molar-refractivity contribution < 1.29 is 13.7 Å². The Morgan fingerprint density at radius 2 is 2.04 bits per heavy atom. The van der Waals surface area contributed by atoms with Gasteiger partial charge < -0.3 is 19.0 Å². The van der Waals surface area contributed by atoms with E-state index in [1.54, 1.807) is 7.11 Å². The summed E-state index contributed by atoms with van der Waals surface area (Å²) in [6.45, 7) is 9.04. The van der Waals surface area contributed by atoms with Gasteiger partial charge in [0.05, 0.1) is 18.8 Å². The number of aromatic nitrogens is 1. The Morgan fingerprint density at radius 3 is 2.71 bits per heavy atom. The first kappa shape index (κ1) is 16.6. The number of methoxy groups -OCH3 is 1. The molecule has 3 rings (SSSR count). The van der Waals surface area contributed by atoms with Crippen LogP contribution in [0, 0.1) is 13.8 Å². The monoisotopic (exact) mass is 328 g/mol. The minimum absolute atomic E-state index is 0.102. The number of furan rings is 1. The van der Waals surface area contributed by atoms with Crippen molar-refractivity contribution in [3.8, 4) is 5.75 Å². The average molecular weight is 328 g/mol. The second kappa shape index (κ2) is 6.69. The first-order valence-corrected chi connectivity index (χ1v) is 8.23. The highest BCUT2D eigenvalue weighted by Gasteiger charge is 2.19. The Bertz CT molecular complexity index is 815. The van der Waals surface area contributed by atoms with Crippen LogP contribution in [0.5, 0.6) is 5.75 Å². The van der Waals surface area contributed by atoms with Gasteiger partial charge in [-0.2, -0.15) is 0 Å². The van der Waals surface area contributed by atoms with Gasteiger partial charge in [-0.1, -0.05) is 24.2 Å². The van der Waals surface area contributed by atoms with E-state index in [0.717, 1.165) is 40.5 Å². The molecule has 0 saturated heterocycles. The van der Waals surface area contributed by atoms with E-state index in [9.17, 15) is 0 Å². The summed E-state index contributed by atoms with van der Waals surface area (Å²) in [5, 5.41) is 8.62. The zero-order valence-electron chi connectivity index (χ0n) is 14.8. The average Bonchev–Trinajstić information content (AvgIpc) is 3.15. The molecule has 2 atom stereocenters. The van der Waals surface area contributed by atoms with Crippen molar-refractivity contribution in [2.24, 2.45) is 0 Å². The Balaban J connectivity index is 1.72. The molecule has 24 heavy (non-hydrogen) atoms. The molecule has 0 unspecified atom stereocenters. The summed E-state index contributed by atoms with van der Waals surface area (Å²) in [6, 6.07) is 8.08. The van der Waals surface area contributed by atoms with Crippen molar-refractivity contribution in [1.82, 2.24) is 10.5 Å². The van der Waals surface area contributed by atoms with Gasteiger partial charge in [0.15, 0.2) is 11.3 Å². The first-order valence-electron chi connectivity index (χ1n) is 8.23. The van der Waals surface area contributed by atoms with E-state index in [2.05, 4.69) is 30.4 Å². The third kappa shape index (κ3) is 3.04. The smallest absolute Gasteiger partial charge is 0.176 e. The Morgan fingerprint density at radius 1 is 1.25 bits per heavy atom. The summed E-state index contributed by atoms with van der Waals surface area (Å²) in [6.07, 6.45) is 0. The van der Waals surface area contributed by atoms with Gasteiger partial charge in [0.25, 0.3) is 0 Å². The van der Waals surface area contributed by atoms with Crippen molar-refractivity contribution in [1.29, 1.82) is 0 Å². The SMILES string of the molecule is COc1cccc2cc([C@@H](C)NC[C@H](C)c3c(C)noc3C)oc12. The van der Waals surface area contributed by atoms with Gasteiger partial charge in [-0.15, -0.1) is 0 Å². The molecule has 3 aromatic rings. The van der Waals surface area contributed by atoms with Crippen LogP contribution in [0.15, 0.2) is 33.2 Å². The van der Waals surface area contributed by atoms with Crippen LogP contribution in [0.25, 0.3) is 11.0 Å². The summed E-state index contributed by atoms with van der Waals surface area (Å²) in [5.74, 6) is 2.87. The molecule has 0 aliphatic heterocycles. The standard InChI is InChI=1S/C19H24N2O3/c1-11(18-13(3)21-24-14(18)4)10-20-12(2)17-9-15-7-6-8-16(22-5)19(15)23-17/h6-9,11-12,20H,10H2,1-5H3/t11-,12+/m0/s1. The number of fused-ring (bicyclic) bond motifs is 1. The fourth-order valence-corrected chi connectivity index (χ4v) is 3.18. The second-order valence-electron chi connectivity index (χ2n) is 6.30. The van der Waals surface area contributed by atoms with Gasteiger partial charge in [0, 0.05) is 17.5 Å². The molecule has 5 nitrogen and oxygen atoms in total. The number of rotatable bonds is 6. The molecule has 0 fully saturated rings. The minimum Gasteiger partial charge on any atom is -0.493 e. The van der Waals surface area contributed by atoms with Crippen LogP contribution in [0.2, 0.25) is 0 Å². The number of aryl methyl sites for hydroxylation is 2. The molecule has 1 N–H and O–H groups in total. The van der Waals surface area contributed by atoms with Crippen LogP contribution in [0.3, 0.4) is 0 Å². The minimum atomic E-state index is 0.102. The van der Waals surface area contributed by atoms with Gasteiger partial charge in [-0.3, -0.25) is 0 Å². The third-order valence-electron chi connectivity index (χ3n) is 4.49. The zero-order valence-corrected chi connectivity index (χ0v) is 14.8. The molecule has 0 saturated carbocycles. The van der Waals surface area contributed by atoms with Gasteiger partial charge in [-0.05, 0) is 38.8 Å². The van der Waals surface area contributed by atoms with E-state index in [0.29, 0.717) is 5.92 Å². The molecule has 0 aliphatic carbocycles. The molecule has 128 valence electrons. The molecule has 0 amide bonds. The van der Waals surface area contributed by atoms with Crippen LogP contribution in [-0.4, -0.2) is 18.8 Å². The molecule has 5 heteroatoms. The molecule has 0 bridgehead atoms. The molecule has 1 aromatic carbocycles. The highest BCUT2D eigenvalue weighted by atomic mass is 16.5.